The minimum Gasteiger partial charge on any atom is -0.240 e. The molecule has 0 amide bonds. The van der Waals surface area contributed by atoms with Crippen LogP contribution in [0.5, 0.6) is 0 Å². The van der Waals surface area contributed by atoms with Gasteiger partial charge in [-0.05, 0) is 43.6 Å². The molecule has 2 aromatic rings. The van der Waals surface area contributed by atoms with E-state index in [-0.39, 0.29) is 0 Å². The molecule has 41 heavy (non-hydrogen) atoms. The molecular formula is C35H66N4S2+2. The Kier molecular flexibility index (Phi) is 21.7. The van der Waals surface area contributed by atoms with Gasteiger partial charge in [-0.1, -0.05) is 104 Å². The van der Waals surface area contributed by atoms with Crippen LogP contribution in [0.15, 0.2) is 37.4 Å². The molecule has 2 rings (SSSR count). The van der Waals surface area contributed by atoms with Crippen molar-refractivity contribution in [3.05, 3.63) is 37.4 Å². The van der Waals surface area contributed by atoms with Crippen LogP contribution in [0.2, 0.25) is 0 Å². The lowest BCUT2D eigenvalue weighted by Crippen LogP contribution is -2.24. The van der Waals surface area contributed by atoms with Crippen LogP contribution in [0, 0.1) is 0 Å². The molecule has 0 aliphatic carbocycles. The predicted octanol–water partition coefficient (Wildman–Crippen LogP) is 9.64. The highest BCUT2D eigenvalue weighted by atomic mass is 32.2. The number of hydrogen-bond acceptors (Lipinski definition) is 2. The summed E-state index contributed by atoms with van der Waals surface area (Å²) in [4.78, 5) is 0. The molecule has 2 aromatic heterocycles. The van der Waals surface area contributed by atoms with Crippen molar-refractivity contribution in [3.8, 4) is 0 Å². The number of imidazole rings is 2. The number of nitrogens with zero attached hydrogens (tertiary/aromatic N) is 4. The number of unbranched alkanes of at least 4 members (excludes halogenated alkanes) is 14. The first kappa shape index (κ1) is 36.3. The highest BCUT2D eigenvalue weighted by Crippen LogP contribution is 2.25. The molecule has 0 aromatic carbocycles. The van der Waals surface area contributed by atoms with Crippen molar-refractivity contribution in [2.45, 2.75) is 148 Å². The Morgan fingerprint density at radius 1 is 0.512 bits per heavy atom. The molecule has 0 saturated heterocycles. The minimum absolute atomic E-state index is 0.638. The number of thioether (sulfide) groups is 2. The Morgan fingerprint density at radius 3 is 1.22 bits per heavy atom. The second-order valence-electron chi connectivity index (χ2n) is 12.4. The Labute approximate surface area is 263 Å². The molecule has 2 heterocycles. The van der Waals surface area contributed by atoms with E-state index in [4.69, 9.17) is 0 Å². The van der Waals surface area contributed by atoms with Gasteiger partial charge < -0.3 is 0 Å². The summed E-state index contributed by atoms with van der Waals surface area (Å²) < 4.78 is 9.32. The fourth-order valence-corrected chi connectivity index (χ4v) is 8.17. The summed E-state index contributed by atoms with van der Waals surface area (Å²) in [6.07, 6.45) is 39.9. The molecule has 0 radical (unpaired) electrons. The van der Waals surface area contributed by atoms with E-state index in [1.807, 2.05) is 0 Å². The first-order valence-electron chi connectivity index (χ1n) is 17.3. The van der Waals surface area contributed by atoms with Gasteiger partial charge in [0.15, 0.2) is 0 Å². The Morgan fingerprint density at radius 2 is 0.878 bits per heavy atom. The number of aromatic nitrogens is 4. The molecule has 0 spiro atoms. The van der Waals surface area contributed by atoms with Crippen molar-refractivity contribution >= 4 is 23.5 Å². The van der Waals surface area contributed by atoms with Gasteiger partial charge in [0.25, 0.3) is 0 Å². The molecule has 236 valence electrons. The van der Waals surface area contributed by atoms with Gasteiger partial charge in [-0.25, -0.2) is 18.3 Å². The van der Waals surface area contributed by atoms with Crippen molar-refractivity contribution in [2.75, 3.05) is 23.0 Å². The molecule has 0 aliphatic heterocycles. The minimum atomic E-state index is 0.638. The molecular weight excluding hydrogens is 541 g/mol. The third-order valence-corrected chi connectivity index (χ3v) is 10.8. The fraction of sp³-hybridized carbons (Fsp3) is 0.829. The lowest BCUT2D eigenvalue weighted by atomic mass is 10.1. The van der Waals surface area contributed by atoms with Crippen LogP contribution in [0.4, 0.5) is 0 Å². The Balaban J connectivity index is 1.62. The average molecular weight is 607 g/mol. The van der Waals surface area contributed by atoms with Crippen molar-refractivity contribution in [2.24, 2.45) is 14.1 Å². The van der Waals surface area contributed by atoms with Crippen LogP contribution >= 0.6 is 23.5 Å². The summed E-state index contributed by atoms with van der Waals surface area (Å²) in [5, 5.41) is 0. The molecule has 0 bridgehead atoms. The maximum atomic E-state index is 2.47. The first-order valence-corrected chi connectivity index (χ1v) is 19.7. The van der Waals surface area contributed by atoms with Crippen molar-refractivity contribution in [1.82, 2.24) is 9.13 Å². The topological polar surface area (TPSA) is 17.6 Å². The smallest absolute Gasteiger partial charge is 0.240 e. The van der Waals surface area contributed by atoms with E-state index in [0.29, 0.717) is 12.1 Å². The number of aryl methyl sites for hydroxylation is 2. The van der Waals surface area contributed by atoms with Gasteiger partial charge in [0.05, 0.1) is 14.1 Å². The van der Waals surface area contributed by atoms with Crippen LogP contribution in [-0.4, -0.2) is 32.1 Å². The van der Waals surface area contributed by atoms with Crippen LogP contribution in [0.3, 0.4) is 0 Å². The van der Waals surface area contributed by atoms with Crippen molar-refractivity contribution in [1.29, 1.82) is 0 Å². The number of hydrogen-bond donors (Lipinski definition) is 0. The zero-order valence-electron chi connectivity index (χ0n) is 27.5. The molecule has 0 aliphatic rings. The third kappa shape index (κ3) is 17.7. The van der Waals surface area contributed by atoms with E-state index in [2.05, 4.69) is 107 Å². The van der Waals surface area contributed by atoms with Gasteiger partial charge in [-0.15, -0.1) is 0 Å². The lowest BCUT2D eigenvalue weighted by Gasteiger charge is -2.15. The SMILES string of the molecule is CCCCCCCCCCC(CSCCCSCC(CCCCCCCCCC)n1cc[n+](C)c1)n1cc[n+](C)c1. The zero-order chi connectivity index (χ0) is 29.4. The Bertz CT molecular complexity index is 781. The van der Waals surface area contributed by atoms with Gasteiger partial charge in [-0.2, -0.15) is 23.5 Å². The lowest BCUT2D eigenvalue weighted by molar-refractivity contribution is -0.671. The maximum Gasteiger partial charge on any atom is 0.243 e. The quantitative estimate of drug-likeness (QED) is 0.0709. The average Bonchev–Trinajstić information content (AvgIpc) is 3.60. The molecule has 2 unspecified atom stereocenters. The summed E-state index contributed by atoms with van der Waals surface area (Å²) >= 11 is 4.35. The first-order chi connectivity index (χ1) is 20.1. The number of rotatable bonds is 28. The van der Waals surface area contributed by atoms with Gasteiger partial charge in [0, 0.05) is 11.5 Å². The van der Waals surface area contributed by atoms with Crippen molar-refractivity contribution in [3.63, 3.8) is 0 Å². The summed E-state index contributed by atoms with van der Waals surface area (Å²) in [7, 11) is 4.29. The van der Waals surface area contributed by atoms with E-state index in [0.717, 1.165) is 0 Å². The zero-order valence-corrected chi connectivity index (χ0v) is 29.1. The summed E-state index contributed by atoms with van der Waals surface area (Å²) in [6.45, 7) is 4.61. The molecule has 2 atom stereocenters. The fourth-order valence-electron chi connectivity index (χ4n) is 5.74. The summed E-state index contributed by atoms with van der Waals surface area (Å²) in [6, 6.07) is 1.28. The second-order valence-corrected chi connectivity index (χ2v) is 14.7. The van der Waals surface area contributed by atoms with Gasteiger partial charge in [0.2, 0.25) is 12.7 Å². The molecule has 0 fully saturated rings. The van der Waals surface area contributed by atoms with E-state index in [9.17, 15) is 0 Å². The van der Waals surface area contributed by atoms with Crippen LogP contribution in [0.25, 0.3) is 0 Å². The van der Waals surface area contributed by atoms with Crippen LogP contribution in [0.1, 0.15) is 148 Å². The molecule has 6 heteroatoms. The highest BCUT2D eigenvalue weighted by Gasteiger charge is 2.18. The second kappa shape index (κ2) is 24.6. The molecule has 4 nitrogen and oxygen atoms in total. The summed E-state index contributed by atoms with van der Waals surface area (Å²) in [5.41, 5.74) is 0. The van der Waals surface area contributed by atoms with Crippen LogP contribution < -0.4 is 9.13 Å². The van der Waals surface area contributed by atoms with Crippen LogP contribution in [-0.2, 0) is 14.1 Å². The predicted molar refractivity (Wildman–Crippen MR) is 183 cm³/mol. The normalized spacial score (nSPS) is 13.2. The van der Waals surface area contributed by atoms with Crippen molar-refractivity contribution < 1.29 is 9.13 Å². The maximum absolute atomic E-state index is 2.47. The van der Waals surface area contributed by atoms with Gasteiger partial charge in [-0.3, -0.25) is 0 Å². The molecule has 0 N–H and O–H groups in total. The van der Waals surface area contributed by atoms with E-state index in [1.165, 1.54) is 145 Å². The standard InChI is InChI=1S/C35H66N4S2/c1-5-7-9-11-13-15-17-19-22-34(38-26-24-36(3)32-38)30-40-28-21-29-41-31-35(39-27-25-37(4)33-39)23-20-18-16-14-12-10-8-6-2/h24-27,32-35H,5-23,28-31H2,1-4H3/q+2. The monoisotopic (exact) mass is 606 g/mol. The van der Waals surface area contributed by atoms with Gasteiger partial charge >= 0.3 is 0 Å². The highest BCUT2D eigenvalue weighted by molar-refractivity contribution is 8.00. The largest absolute Gasteiger partial charge is 0.243 e. The van der Waals surface area contributed by atoms with E-state index < -0.39 is 0 Å². The Hall–Kier alpha value is -0.880. The van der Waals surface area contributed by atoms with E-state index in [1.54, 1.807) is 0 Å². The van der Waals surface area contributed by atoms with Gasteiger partial charge in [0.1, 0.15) is 36.9 Å². The molecule has 0 saturated carbocycles. The summed E-state index contributed by atoms with van der Waals surface area (Å²) in [5.74, 6) is 5.07. The van der Waals surface area contributed by atoms with E-state index >= 15 is 0 Å². The third-order valence-electron chi connectivity index (χ3n) is 8.40.